The quantitative estimate of drug-likeness (QED) is 0.631. The fourth-order valence-corrected chi connectivity index (χ4v) is 8.50. The van der Waals surface area contributed by atoms with Gasteiger partial charge in [-0.2, -0.15) is 0 Å². The lowest BCUT2D eigenvalue weighted by Gasteiger charge is -2.59. The highest BCUT2D eigenvalue weighted by Crippen LogP contribution is 2.65. The maximum absolute atomic E-state index is 12.2. The summed E-state index contributed by atoms with van der Waals surface area (Å²) in [6.45, 7) is 0.452. The van der Waals surface area contributed by atoms with Crippen molar-refractivity contribution in [3.8, 4) is 11.5 Å². The zero-order valence-electron chi connectivity index (χ0n) is 17.5. The van der Waals surface area contributed by atoms with Crippen molar-refractivity contribution in [1.29, 1.82) is 0 Å². The number of aliphatic hydroxyl groups excluding tert-OH is 1. The Morgan fingerprint density at radius 2 is 2.12 bits per heavy atom. The first-order chi connectivity index (χ1) is 15.5. The van der Waals surface area contributed by atoms with Crippen LogP contribution in [0.2, 0.25) is 0 Å². The van der Waals surface area contributed by atoms with Gasteiger partial charge < -0.3 is 24.6 Å². The number of methoxy groups -OCH3 is 1. The van der Waals surface area contributed by atoms with Crippen molar-refractivity contribution in [3.05, 3.63) is 52.0 Å². The molecule has 32 heavy (non-hydrogen) atoms. The Labute approximate surface area is 199 Å². The highest BCUT2D eigenvalue weighted by Gasteiger charge is 2.68. The Bertz CT molecular complexity index is 1100. The molecule has 8 heteroatoms. The molecule has 2 aliphatic heterocycles. The van der Waals surface area contributed by atoms with E-state index in [-0.39, 0.29) is 17.2 Å². The first kappa shape index (κ1) is 20.7. The van der Waals surface area contributed by atoms with E-state index in [1.165, 1.54) is 0 Å². The molecule has 2 fully saturated rings. The number of thioether (sulfide) groups is 1. The van der Waals surface area contributed by atoms with Crippen molar-refractivity contribution in [2.24, 2.45) is 5.92 Å². The zero-order valence-corrected chi connectivity index (χ0v) is 19.9. The van der Waals surface area contributed by atoms with Crippen LogP contribution in [0.5, 0.6) is 11.5 Å². The van der Waals surface area contributed by atoms with E-state index in [0.717, 1.165) is 32.7 Å². The Balaban J connectivity index is 1.50. The molecular formula is C24H24BrNO5S. The average Bonchev–Trinajstić information content (AvgIpc) is 3.12. The van der Waals surface area contributed by atoms with Crippen molar-refractivity contribution < 1.29 is 24.5 Å². The van der Waals surface area contributed by atoms with Gasteiger partial charge in [0.1, 0.15) is 12.2 Å². The molecule has 1 amide bonds. The number of hydrogen-bond donors (Lipinski definition) is 2. The minimum absolute atomic E-state index is 0.0784. The fourth-order valence-electron chi connectivity index (χ4n) is 6.68. The van der Waals surface area contributed by atoms with Crippen LogP contribution in [0.25, 0.3) is 0 Å². The van der Waals surface area contributed by atoms with Gasteiger partial charge in [-0.3, -0.25) is 0 Å². The molecule has 0 aromatic heterocycles. The number of ether oxygens (including phenoxy) is 2. The molecule has 6 rings (SSSR count). The van der Waals surface area contributed by atoms with Gasteiger partial charge in [0.15, 0.2) is 11.5 Å². The third-order valence-corrected chi connectivity index (χ3v) is 9.92. The standard InChI is InChI=1S/C24H24BrNO5S/c1-30-17-11-15(25)13-9-16-14-10-18(32-12-5-3-2-4-6-12)20(27)22-24(14,19(13)21(17)31-22)7-8-26(16)23(28)29/h2-6,11,14,16,18,20,22,27H,7-10H2,1H3,(H,28,29)/t14-,16+,18+,20-,22-,24-/m0/s1. The van der Waals surface area contributed by atoms with Gasteiger partial charge in [-0.05, 0) is 48.9 Å². The van der Waals surface area contributed by atoms with Gasteiger partial charge in [0.2, 0.25) is 0 Å². The molecule has 2 N–H and O–H groups in total. The normalized spacial score (nSPS) is 34.0. The van der Waals surface area contributed by atoms with Crippen LogP contribution in [0.3, 0.4) is 0 Å². The van der Waals surface area contributed by atoms with Crippen LogP contribution in [-0.4, -0.2) is 58.4 Å². The highest BCUT2D eigenvalue weighted by molar-refractivity contribution is 9.10. The number of carboxylic acid groups (broad SMARTS) is 1. The predicted molar refractivity (Wildman–Crippen MR) is 124 cm³/mol. The molecule has 2 aromatic rings. The van der Waals surface area contributed by atoms with E-state index in [0.29, 0.717) is 25.1 Å². The van der Waals surface area contributed by atoms with Gasteiger partial charge in [-0.25, -0.2) is 4.79 Å². The summed E-state index contributed by atoms with van der Waals surface area (Å²) in [6, 6.07) is 11.8. The summed E-state index contributed by atoms with van der Waals surface area (Å²) < 4.78 is 13.1. The first-order valence-electron chi connectivity index (χ1n) is 10.9. The molecule has 0 unspecified atom stereocenters. The predicted octanol–water partition coefficient (Wildman–Crippen LogP) is 4.31. The van der Waals surface area contributed by atoms with Crippen LogP contribution < -0.4 is 9.47 Å². The van der Waals surface area contributed by atoms with Gasteiger partial charge in [0, 0.05) is 38.2 Å². The Morgan fingerprint density at radius 1 is 1.34 bits per heavy atom. The van der Waals surface area contributed by atoms with E-state index in [1.54, 1.807) is 23.8 Å². The van der Waals surface area contributed by atoms with E-state index >= 15 is 0 Å². The number of halogens is 1. The summed E-state index contributed by atoms with van der Waals surface area (Å²) in [5.41, 5.74) is 1.82. The lowest BCUT2D eigenvalue weighted by atomic mass is 9.51. The van der Waals surface area contributed by atoms with E-state index in [4.69, 9.17) is 9.47 Å². The molecule has 4 aliphatic rings. The molecule has 2 bridgehead atoms. The van der Waals surface area contributed by atoms with Gasteiger partial charge >= 0.3 is 6.09 Å². The summed E-state index contributed by atoms with van der Waals surface area (Å²) in [5.74, 6) is 1.47. The largest absolute Gasteiger partial charge is 0.493 e. The maximum atomic E-state index is 12.2. The van der Waals surface area contributed by atoms with Crippen molar-refractivity contribution in [2.45, 2.75) is 53.1 Å². The number of piperidine rings is 1. The number of carbonyl (C=O) groups is 1. The molecule has 1 saturated heterocycles. The Kier molecular flexibility index (Phi) is 4.72. The molecule has 1 saturated carbocycles. The van der Waals surface area contributed by atoms with E-state index in [9.17, 15) is 15.0 Å². The Morgan fingerprint density at radius 3 is 2.84 bits per heavy atom. The number of nitrogens with zero attached hydrogens (tertiary/aromatic N) is 1. The van der Waals surface area contributed by atoms with E-state index < -0.39 is 23.7 Å². The lowest BCUT2D eigenvalue weighted by Crippen LogP contribution is -2.69. The second-order valence-corrected chi connectivity index (χ2v) is 11.3. The topological polar surface area (TPSA) is 79.2 Å². The third kappa shape index (κ3) is 2.66. The number of aliphatic hydroxyl groups is 1. The van der Waals surface area contributed by atoms with Gasteiger partial charge in [-0.15, -0.1) is 11.8 Å². The second kappa shape index (κ2) is 7.30. The smallest absolute Gasteiger partial charge is 0.407 e. The molecule has 6 nitrogen and oxygen atoms in total. The number of hydrogen-bond acceptors (Lipinski definition) is 5. The molecule has 2 aliphatic carbocycles. The van der Waals surface area contributed by atoms with Crippen LogP contribution in [0.1, 0.15) is 24.0 Å². The van der Waals surface area contributed by atoms with E-state index in [1.807, 2.05) is 24.3 Å². The van der Waals surface area contributed by atoms with Crippen molar-refractivity contribution in [1.82, 2.24) is 4.90 Å². The van der Waals surface area contributed by atoms with Gasteiger partial charge in [0.05, 0.1) is 7.11 Å². The summed E-state index contributed by atoms with van der Waals surface area (Å²) in [5, 5.41) is 21.5. The summed E-state index contributed by atoms with van der Waals surface area (Å²) >= 11 is 5.37. The third-order valence-electron chi connectivity index (χ3n) is 7.90. The molecular weight excluding hydrogens is 494 g/mol. The van der Waals surface area contributed by atoms with Crippen molar-refractivity contribution in [3.63, 3.8) is 0 Å². The molecule has 1 spiro atoms. The Hall–Kier alpha value is -1.90. The molecule has 2 aromatic carbocycles. The van der Waals surface area contributed by atoms with Crippen LogP contribution in [0, 0.1) is 5.92 Å². The maximum Gasteiger partial charge on any atom is 0.407 e. The number of likely N-dealkylation sites (tertiary alicyclic amines) is 1. The van der Waals surface area contributed by atoms with Gasteiger partial charge in [-0.1, -0.05) is 34.1 Å². The number of benzene rings is 2. The molecule has 6 atom stereocenters. The van der Waals surface area contributed by atoms with Crippen LogP contribution >= 0.6 is 27.7 Å². The van der Waals surface area contributed by atoms with Crippen LogP contribution in [-0.2, 0) is 11.8 Å². The van der Waals surface area contributed by atoms with Gasteiger partial charge in [0.25, 0.3) is 0 Å². The first-order valence-corrected chi connectivity index (χ1v) is 12.6. The molecule has 0 radical (unpaired) electrons. The van der Waals surface area contributed by atoms with Crippen LogP contribution in [0.15, 0.2) is 45.8 Å². The lowest BCUT2D eigenvalue weighted by molar-refractivity contribution is -0.0948. The molecule has 2 heterocycles. The minimum atomic E-state index is -0.869. The minimum Gasteiger partial charge on any atom is -0.493 e. The summed E-state index contributed by atoms with van der Waals surface area (Å²) in [7, 11) is 1.63. The number of amides is 1. The SMILES string of the molecule is COc1cc(Br)c2c3c1O[C@H]1[C@@H](O)[C@H](Sc4ccccc4)C[C@H]4[C@@H](C2)N(C(=O)O)CC[C@@]341. The highest BCUT2D eigenvalue weighted by atomic mass is 79.9. The zero-order chi connectivity index (χ0) is 22.2. The summed E-state index contributed by atoms with van der Waals surface area (Å²) in [6.07, 6.45) is 0.0637. The average molecular weight is 518 g/mol. The molecule has 168 valence electrons. The van der Waals surface area contributed by atoms with E-state index in [2.05, 4.69) is 28.1 Å². The van der Waals surface area contributed by atoms with Crippen molar-refractivity contribution in [2.75, 3.05) is 13.7 Å². The monoisotopic (exact) mass is 517 g/mol. The second-order valence-electron chi connectivity index (χ2n) is 9.12. The number of rotatable bonds is 3. The fraction of sp³-hybridized carbons (Fsp3) is 0.458. The van der Waals surface area contributed by atoms with Crippen LogP contribution in [0.4, 0.5) is 4.79 Å². The van der Waals surface area contributed by atoms with Crippen molar-refractivity contribution >= 4 is 33.8 Å². The summed E-state index contributed by atoms with van der Waals surface area (Å²) in [4.78, 5) is 14.9.